The van der Waals surface area contributed by atoms with Crippen LogP contribution in [-0.2, 0) is 11.2 Å². The number of carboxylic acid groups (broad SMARTS) is 1. The minimum Gasteiger partial charge on any atom is -0.481 e. The van der Waals surface area contributed by atoms with Crippen LogP contribution >= 0.6 is 15.9 Å². The molecule has 4 heteroatoms. The third-order valence-corrected chi connectivity index (χ3v) is 2.50. The van der Waals surface area contributed by atoms with Gasteiger partial charge in [0.2, 0.25) is 0 Å². The molecule has 0 aromatic heterocycles. The van der Waals surface area contributed by atoms with Crippen molar-refractivity contribution in [1.29, 1.82) is 5.26 Å². The maximum Gasteiger partial charge on any atom is 0.307 e. The molecule has 1 rings (SSSR count). The van der Waals surface area contributed by atoms with E-state index < -0.39 is 5.97 Å². The first-order valence-corrected chi connectivity index (χ1v) is 4.75. The molecule has 1 aromatic carbocycles. The minimum absolute atomic E-state index is 0.135. The molecule has 0 atom stereocenters. The van der Waals surface area contributed by atoms with E-state index in [-0.39, 0.29) is 6.42 Å². The van der Waals surface area contributed by atoms with Crippen LogP contribution in [0.4, 0.5) is 0 Å². The number of rotatable bonds is 2. The van der Waals surface area contributed by atoms with E-state index in [2.05, 4.69) is 15.9 Å². The smallest absolute Gasteiger partial charge is 0.307 e. The zero-order valence-corrected chi connectivity index (χ0v) is 9.13. The third-order valence-electron chi connectivity index (χ3n) is 1.79. The predicted molar refractivity (Wildman–Crippen MR) is 54.9 cm³/mol. The number of carbonyl (C=O) groups is 1. The molecule has 0 radical (unpaired) electrons. The summed E-state index contributed by atoms with van der Waals surface area (Å²) in [5.41, 5.74) is 1.88. The highest BCUT2D eigenvalue weighted by molar-refractivity contribution is 9.10. The summed E-state index contributed by atoms with van der Waals surface area (Å²) in [6.45, 7) is 1.86. The van der Waals surface area contributed by atoms with E-state index in [0.29, 0.717) is 15.6 Å². The lowest BCUT2D eigenvalue weighted by atomic mass is 10.0. The molecule has 1 N–H and O–H groups in total. The molecule has 72 valence electrons. The van der Waals surface area contributed by atoms with Gasteiger partial charge in [-0.1, -0.05) is 15.9 Å². The lowest BCUT2D eigenvalue weighted by molar-refractivity contribution is -0.136. The average Bonchev–Trinajstić information content (AvgIpc) is 2.08. The highest BCUT2D eigenvalue weighted by Crippen LogP contribution is 2.23. The molecule has 0 saturated heterocycles. The lowest BCUT2D eigenvalue weighted by Gasteiger charge is -2.05. The Hall–Kier alpha value is -1.34. The largest absolute Gasteiger partial charge is 0.481 e. The van der Waals surface area contributed by atoms with Crippen molar-refractivity contribution in [2.75, 3.05) is 0 Å². The molecule has 1 aromatic rings. The number of carboxylic acids is 1. The van der Waals surface area contributed by atoms with E-state index in [4.69, 9.17) is 10.4 Å². The van der Waals surface area contributed by atoms with Crippen LogP contribution in [0, 0.1) is 18.3 Å². The Kier molecular flexibility index (Phi) is 3.26. The molecule has 3 nitrogen and oxygen atoms in total. The summed E-state index contributed by atoms with van der Waals surface area (Å²) in [5, 5.41) is 17.5. The molecule has 0 spiro atoms. The average molecular weight is 254 g/mol. The fraction of sp³-hybridized carbons (Fsp3) is 0.200. The van der Waals surface area contributed by atoms with E-state index in [1.165, 1.54) is 0 Å². The molecule has 14 heavy (non-hydrogen) atoms. The van der Waals surface area contributed by atoms with Gasteiger partial charge >= 0.3 is 5.97 Å². The summed E-state index contributed by atoms with van der Waals surface area (Å²) >= 11 is 3.25. The maximum atomic E-state index is 10.5. The molecule has 0 bridgehead atoms. The number of halogens is 1. The highest BCUT2D eigenvalue weighted by Gasteiger charge is 2.11. The third kappa shape index (κ3) is 2.33. The van der Waals surface area contributed by atoms with Crippen LogP contribution in [0.5, 0.6) is 0 Å². The summed E-state index contributed by atoms with van der Waals surface area (Å²) in [7, 11) is 0. The van der Waals surface area contributed by atoms with Gasteiger partial charge < -0.3 is 5.11 Å². The summed E-state index contributed by atoms with van der Waals surface area (Å²) in [5.74, 6) is -0.939. The van der Waals surface area contributed by atoms with Crippen LogP contribution in [0.25, 0.3) is 0 Å². The van der Waals surface area contributed by atoms with Crippen molar-refractivity contribution in [2.45, 2.75) is 13.3 Å². The first-order valence-electron chi connectivity index (χ1n) is 3.95. The van der Waals surface area contributed by atoms with E-state index in [0.717, 1.165) is 5.56 Å². The SMILES string of the molecule is Cc1cc(Br)c(CC(=O)O)c(C#N)c1. The fourth-order valence-electron chi connectivity index (χ4n) is 1.20. The van der Waals surface area contributed by atoms with E-state index in [1.807, 2.05) is 13.0 Å². The molecular weight excluding hydrogens is 246 g/mol. The lowest BCUT2D eigenvalue weighted by Crippen LogP contribution is -2.03. The van der Waals surface area contributed by atoms with Gasteiger partial charge in [0.05, 0.1) is 18.1 Å². The Morgan fingerprint density at radius 1 is 1.64 bits per heavy atom. The van der Waals surface area contributed by atoms with Crippen LogP contribution in [-0.4, -0.2) is 11.1 Å². The molecular formula is C10H8BrNO2. The van der Waals surface area contributed by atoms with Crippen LogP contribution in [0.3, 0.4) is 0 Å². The number of nitriles is 1. The Morgan fingerprint density at radius 2 is 2.29 bits per heavy atom. The predicted octanol–water partition coefficient (Wildman–Crippen LogP) is 2.26. The molecule has 0 aliphatic carbocycles. The van der Waals surface area contributed by atoms with Crippen molar-refractivity contribution in [2.24, 2.45) is 0 Å². The van der Waals surface area contributed by atoms with Gasteiger partial charge in [0.1, 0.15) is 0 Å². The standard InChI is InChI=1S/C10H8BrNO2/c1-6-2-7(5-12)8(4-10(13)14)9(11)3-6/h2-3H,4H2,1H3,(H,13,14). The number of aryl methyl sites for hydroxylation is 1. The Labute approximate surface area is 90.1 Å². The number of benzene rings is 1. The van der Waals surface area contributed by atoms with E-state index >= 15 is 0 Å². The van der Waals surface area contributed by atoms with E-state index in [9.17, 15) is 4.79 Å². The molecule has 0 saturated carbocycles. The summed E-state index contributed by atoms with van der Waals surface area (Å²) in [6.07, 6.45) is -0.135. The zero-order chi connectivity index (χ0) is 10.7. The first-order chi connectivity index (χ1) is 6.54. The van der Waals surface area contributed by atoms with Crippen molar-refractivity contribution in [3.8, 4) is 6.07 Å². The fourth-order valence-corrected chi connectivity index (χ4v) is 1.92. The van der Waals surface area contributed by atoms with Gasteiger partial charge in [-0.15, -0.1) is 0 Å². The van der Waals surface area contributed by atoms with Gasteiger partial charge in [-0.25, -0.2) is 0 Å². The zero-order valence-electron chi connectivity index (χ0n) is 7.54. The van der Waals surface area contributed by atoms with Crippen molar-refractivity contribution in [3.05, 3.63) is 33.3 Å². The quantitative estimate of drug-likeness (QED) is 0.880. The second-order valence-electron chi connectivity index (χ2n) is 2.96. The second kappa shape index (κ2) is 4.25. The van der Waals surface area contributed by atoms with Crippen LogP contribution in [0.15, 0.2) is 16.6 Å². The Bertz CT molecular complexity index is 421. The minimum atomic E-state index is -0.939. The molecule has 0 unspecified atom stereocenters. The van der Waals surface area contributed by atoms with Crippen molar-refractivity contribution >= 4 is 21.9 Å². The van der Waals surface area contributed by atoms with Gasteiger partial charge in [0, 0.05) is 4.47 Å². The van der Waals surface area contributed by atoms with Crippen molar-refractivity contribution in [3.63, 3.8) is 0 Å². The maximum absolute atomic E-state index is 10.5. The highest BCUT2D eigenvalue weighted by atomic mass is 79.9. The van der Waals surface area contributed by atoms with Crippen molar-refractivity contribution in [1.82, 2.24) is 0 Å². The topological polar surface area (TPSA) is 61.1 Å². The van der Waals surface area contributed by atoms with Gasteiger partial charge in [0.15, 0.2) is 0 Å². The molecule has 0 heterocycles. The number of aliphatic carboxylic acids is 1. The van der Waals surface area contributed by atoms with Gasteiger partial charge in [-0.05, 0) is 30.2 Å². The summed E-state index contributed by atoms with van der Waals surface area (Å²) < 4.78 is 0.677. The molecule has 0 aliphatic heterocycles. The summed E-state index contributed by atoms with van der Waals surface area (Å²) in [6, 6.07) is 5.48. The first kappa shape index (κ1) is 10.7. The molecule has 0 amide bonds. The molecule has 0 fully saturated rings. The van der Waals surface area contributed by atoms with Gasteiger partial charge in [-0.3, -0.25) is 4.79 Å². The van der Waals surface area contributed by atoms with Crippen LogP contribution in [0.2, 0.25) is 0 Å². The van der Waals surface area contributed by atoms with E-state index in [1.54, 1.807) is 12.1 Å². The van der Waals surface area contributed by atoms with Crippen LogP contribution < -0.4 is 0 Å². The van der Waals surface area contributed by atoms with Crippen molar-refractivity contribution < 1.29 is 9.90 Å². The van der Waals surface area contributed by atoms with Crippen LogP contribution in [0.1, 0.15) is 16.7 Å². The normalized spacial score (nSPS) is 9.50. The number of nitrogens with zero attached hydrogens (tertiary/aromatic N) is 1. The Morgan fingerprint density at radius 3 is 2.79 bits per heavy atom. The monoisotopic (exact) mass is 253 g/mol. The number of hydrogen-bond donors (Lipinski definition) is 1. The van der Waals surface area contributed by atoms with Gasteiger partial charge in [0.25, 0.3) is 0 Å². The number of hydrogen-bond acceptors (Lipinski definition) is 2. The summed E-state index contributed by atoms with van der Waals surface area (Å²) in [4.78, 5) is 10.5. The molecule has 0 aliphatic rings. The van der Waals surface area contributed by atoms with Gasteiger partial charge in [-0.2, -0.15) is 5.26 Å². The second-order valence-corrected chi connectivity index (χ2v) is 3.81. The Balaban J connectivity index is 3.27.